The number of hydrogen-bond donors (Lipinski definition) is 4. The van der Waals surface area contributed by atoms with Gasteiger partial charge in [-0.1, -0.05) is 17.2 Å². The number of phenolic OH excluding ortho intramolecular Hbond substituents is 1. The van der Waals surface area contributed by atoms with Crippen LogP contribution < -0.4 is 10.7 Å². The van der Waals surface area contributed by atoms with Crippen molar-refractivity contribution in [1.82, 2.24) is 26.0 Å². The maximum atomic E-state index is 11.3. The van der Waals surface area contributed by atoms with E-state index in [1.807, 2.05) is 0 Å². The second-order valence-corrected chi connectivity index (χ2v) is 3.12. The zero-order valence-electron chi connectivity index (χ0n) is 9.03. The van der Waals surface area contributed by atoms with Crippen molar-refractivity contribution >= 4 is 18.2 Å². The number of phenols is 1. The van der Waals surface area contributed by atoms with Crippen LogP contribution in [0.1, 0.15) is 5.56 Å². The number of anilines is 1. The number of H-pyrrole nitrogens is 1. The van der Waals surface area contributed by atoms with Gasteiger partial charge in [-0.05, 0) is 17.3 Å². The molecule has 1 aromatic carbocycles. The number of rotatable bonds is 3. The van der Waals surface area contributed by atoms with E-state index in [-0.39, 0.29) is 11.7 Å². The number of nitrogens with zero attached hydrogens (tertiary/aromatic N) is 4. The molecule has 2 aromatic rings. The van der Waals surface area contributed by atoms with Crippen molar-refractivity contribution in [3.8, 4) is 5.75 Å². The van der Waals surface area contributed by atoms with Gasteiger partial charge in [0.1, 0.15) is 5.75 Å². The molecule has 92 valence electrons. The fraction of sp³-hybridized carbons (Fsp3) is 0. The van der Waals surface area contributed by atoms with Gasteiger partial charge in [-0.3, -0.25) is 5.32 Å². The van der Waals surface area contributed by atoms with Crippen LogP contribution in [0.3, 0.4) is 0 Å². The topological polar surface area (TPSA) is 128 Å². The third kappa shape index (κ3) is 3.01. The molecule has 9 heteroatoms. The molecule has 0 fully saturated rings. The largest absolute Gasteiger partial charge is 0.507 e. The Morgan fingerprint density at radius 3 is 3.00 bits per heavy atom. The molecule has 0 aliphatic heterocycles. The van der Waals surface area contributed by atoms with Crippen molar-refractivity contribution in [3.63, 3.8) is 0 Å². The minimum Gasteiger partial charge on any atom is -0.507 e. The van der Waals surface area contributed by atoms with Gasteiger partial charge < -0.3 is 5.11 Å². The van der Waals surface area contributed by atoms with Crippen LogP contribution in [0.25, 0.3) is 0 Å². The lowest BCUT2D eigenvalue weighted by Gasteiger charge is -1.99. The zero-order valence-corrected chi connectivity index (χ0v) is 9.03. The molecule has 0 spiro atoms. The van der Waals surface area contributed by atoms with Gasteiger partial charge in [0, 0.05) is 5.56 Å². The Hall–Kier alpha value is -2.97. The van der Waals surface area contributed by atoms with E-state index >= 15 is 0 Å². The van der Waals surface area contributed by atoms with Crippen molar-refractivity contribution in [3.05, 3.63) is 29.8 Å². The van der Waals surface area contributed by atoms with Crippen LogP contribution >= 0.6 is 0 Å². The van der Waals surface area contributed by atoms with Gasteiger partial charge in [-0.2, -0.15) is 10.3 Å². The van der Waals surface area contributed by atoms with E-state index in [0.29, 0.717) is 5.56 Å². The summed E-state index contributed by atoms with van der Waals surface area (Å²) < 4.78 is 0. The number of benzene rings is 1. The lowest BCUT2D eigenvalue weighted by molar-refractivity contribution is 0.252. The lowest BCUT2D eigenvalue weighted by Crippen LogP contribution is -2.24. The highest BCUT2D eigenvalue weighted by Crippen LogP contribution is 2.12. The normalized spacial score (nSPS) is 10.4. The molecule has 2 rings (SSSR count). The van der Waals surface area contributed by atoms with Crippen LogP contribution in [0.4, 0.5) is 10.7 Å². The van der Waals surface area contributed by atoms with Gasteiger partial charge in [0.05, 0.1) is 6.21 Å². The quantitative estimate of drug-likeness (QED) is 0.450. The van der Waals surface area contributed by atoms with E-state index < -0.39 is 6.03 Å². The molecule has 0 aliphatic carbocycles. The summed E-state index contributed by atoms with van der Waals surface area (Å²) in [5.74, 6) is 0.104. The number of hydrogen-bond acceptors (Lipinski definition) is 6. The van der Waals surface area contributed by atoms with Gasteiger partial charge >= 0.3 is 6.03 Å². The number of aromatic nitrogens is 4. The monoisotopic (exact) mass is 247 g/mol. The average Bonchev–Trinajstić information content (AvgIpc) is 2.84. The molecule has 0 atom stereocenters. The standard InChI is InChI=1S/C9H9N7O2/c17-7-4-2-1-3-6(7)5-10-14-9(18)11-8-12-15-16-13-8/h1-5,17H,(H3,11,12,13,14,15,16,18). The Morgan fingerprint density at radius 1 is 1.44 bits per heavy atom. The molecule has 9 nitrogen and oxygen atoms in total. The molecule has 0 saturated heterocycles. The molecule has 0 radical (unpaired) electrons. The smallest absolute Gasteiger partial charge is 0.342 e. The van der Waals surface area contributed by atoms with Crippen molar-refractivity contribution in [2.45, 2.75) is 0 Å². The van der Waals surface area contributed by atoms with Gasteiger partial charge in [-0.25, -0.2) is 10.2 Å². The van der Waals surface area contributed by atoms with E-state index in [1.54, 1.807) is 18.2 Å². The number of carbonyl (C=O) groups excluding carboxylic acids is 1. The summed E-state index contributed by atoms with van der Waals surface area (Å²) in [4.78, 5) is 11.3. The fourth-order valence-corrected chi connectivity index (χ4v) is 1.10. The minimum absolute atomic E-state index is 0.0326. The molecule has 0 aliphatic rings. The SMILES string of the molecule is O=C(NN=Cc1ccccc1O)Nc1nn[nH]n1. The summed E-state index contributed by atoms with van der Waals surface area (Å²) in [6.07, 6.45) is 1.31. The van der Waals surface area contributed by atoms with E-state index in [2.05, 4.69) is 36.5 Å². The van der Waals surface area contributed by atoms with E-state index in [9.17, 15) is 9.90 Å². The van der Waals surface area contributed by atoms with Crippen molar-refractivity contribution in [2.24, 2.45) is 5.10 Å². The van der Waals surface area contributed by atoms with Crippen molar-refractivity contribution < 1.29 is 9.90 Å². The first-order valence-corrected chi connectivity index (χ1v) is 4.87. The highest BCUT2D eigenvalue weighted by Gasteiger charge is 2.02. The van der Waals surface area contributed by atoms with E-state index in [0.717, 1.165) is 0 Å². The molecule has 1 aromatic heterocycles. The molecule has 4 N–H and O–H groups in total. The third-order valence-corrected chi connectivity index (χ3v) is 1.88. The second-order valence-electron chi connectivity index (χ2n) is 3.12. The van der Waals surface area contributed by atoms with Crippen LogP contribution in [0.15, 0.2) is 29.4 Å². The van der Waals surface area contributed by atoms with Crippen molar-refractivity contribution in [2.75, 3.05) is 5.32 Å². The van der Waals surface area contributed by atoms with Crippen LogP contribution in [0.2, 0.25) is 0 Å². The third-order valence-electron chi connectivity index (χ3n) is 1.88. The summed E-state index contributed by atoms with van der Waals surface area (Å²) in [7, 11) is 0. The van der Waals surface area contributed by atoms with Gasteiger partial charge in [0.15, 0.2) is 0 Å². The van der Waals surface area contributed by atoms with E-state index in [1.165, 1.54) is 12.3 Å². The number of tetrazole rings is 1. The Labute approximate surface area is 101 Å². The molecule has 18 heavy (non-hydrogen) atoms. The number of para-hydroxylation sites is 1. The number of nitrogens with one attached hydrogen (secondary N) is 3. The fourth-order valence-electron chi connectivity index (χ4n) is 1.10. The van der Waals surface area contributed by atoms with Gasteiger partial charge in [0.25, 0.3) is 5.95 Å². The Morgan fingerprint density at radius 2 is 2.28 bits per heavy atom. The summed E-state index contributed by atoms with van der Waals surface area (Å²) in [5.41, 5.74) is 2.67. The molecule has 0 unspecified atom stereocenters. The number of urea groups is 1. The number of aromatic amines is 1. The van der Waals surface area contributed by atoms with Gasteiger partial charge in [0.2, 0.25) is 0 Å². The second kappa shape index (κ2) is 5.39. The first-order valence-electron chi connectivity index (χ1n) is 4.87. The highest BCUT2D eigenvalue weighted by molar-refractivity contribution is 5.89. The maximum absolute atomic E-state index is 11.3. The van der Waals surface area contributed by atoms with E-state index in [4.69, 9.17) is 0 Å². The molecule has 1 heterocycles. The van der Waals surface area contributed by atoms with Crippen LogP contribution in [-0.4, -0.2) is 38.0 Å². The van der Waals surface area contributed by atoms with Crippen LogP contribution in [0, 0.1) is 0 Å². The summed E-state index contributed by atoms with van der Waals surface area (Å²) in [6, 6.07) is 5.96. The summed E-state index contributed by atoms with van der Waals surface area (Å²) >= 11 is 0. The highest BCUT2D eigenvalue weighted by atomic mass is 16.3. The molecule has 2 amide bonds. The minimum atomic E-state index is -0.622. The van der Waals surface area contributed by atoms with Crippen molar-refractivity contribution in [1.29, 1.82) is 0 Å². The van der Waals surface area contributed by atoms with Gasteiger partial charge in [-0.15, -0.1) is 5.10 Å². The Balaban J connectivity index is 1.88. The summed E-state index contributed by atoms with van der Waals surface area (Å²) in [5, 5.41) is 27.9. The number of amides is 2. The zero-order chi connectivity index (χ0) is 12.8. The van der Waals surface area contributed by atoms with Crippen LogP contribution in [0.5, 0.6) is 5.75 Å². The number of aromatic hydroxyl groups is 1. The molecule has 0 bridgehead atoms. The molecule has 0 saturated carbocycles. The Bertz CT molecular complexity index is 552. The number of carbonyl (C=O) groups is 1. The predicted octanol–water partition coefficient (Wildman–Crippen LogP) is 0.0609. The van der Waals surface area contributed by atoms with Crippen LogP contribution in [-0.2, 0) is 0 Å². The maximum Gasteiger partial charge on any atom is 0.342 e. The number of hydrazone groups is 1. The average molecular weight is 247 g/mol. The first-order chi connectivity index (χ1) is 8.75. The Kier molecular flexibility index (Phi) is 3.45. The molecular weight excluding hydrogens is 238 g/mol. The molecular formula is C9H9N7O2. The predicted molar refractivity (Wildman–Crippen MR) is 62.0 cm³/mol. The lowest BCUT2D eigenvalue weighted by atomic mass is 10.2. The summed E-state index contributed by atoms with van der Waals surface area (Å²) in [6.45, 7) is 0. The first kappa shape index (κ1) is 11.5.